The van der Waals surface area contributed by atoms with Gasteiger partial charge in [-0.05, 0) is 43.7 Å². The number of rotatable bonds is 6. The van der Waals surface area contributed by atoms with Crippen LogP contribution in [0.25, 0.3) is 4.85 Å². The monoisotopic (exact) mass is 492 g/mol. The molecule has 192 valence electrons. The fraction of sp³-hybridized carbons (Fsp3) is 0.680. The third kappa shape index (κ3) is 5.55. The highest BCUT2D eigenvalue weighted by atomic mass is 16.2. The quantitative estimate of drug-likeness (QED) is 0.365. The van der Waals surface area contributed by atoms with Gasteiger partial charge in [-0.3, -0.25) is 25.8 Å². The van der Waals surface area contributed by atoms with Crippen LogP contribution in [-0.4, -0.2) is 73.6 Å². The van der Waals surface area contributed by atoms with Gasteiger partial charge in [0.05, 0.1) is 30.0 Å². The predicted octanol–water partition coefficient (Wildman–Crippen LogP) is 0.677. The normalized spacial score (nSPS) is 30.1. The maximum Gasteiger partial charge on any atom is 0.242 e. The highest BCUT2D eigenvalue weighted by molar-refractivity contribution is 5.81. The lowest BCUT2D eigenvalue weighted by molar-refractivity contribution is -0.132. The van der Waals surface area contributed by atoms with Crippen molar-refractivity contribution in [2.45, 2.75) is 50.6 Å². The van der Waals surface area contributed by atoms with E-state index >= 15 is 0 Å². The Morgan fingerprint density at radius 1 is 1.14 bits per heavy atom. The Balaban J connectivity index is 1.23. The fourth-order valence-electron chi connectivity index (χ4n) is 5.91. The number of nitriles is 1. The lowest BCUT2D eigenvalue weighted by atomic mass is 9.90. The largest absolute Gasteiger partial charge is 0.368 e. The number of aromatic nitrogens is 1. The van der Waals surface area contributed by atoms with E-state index in [4.69, 9.17) is 16.8 Å². The van der Waals surface area contributed by atoms with E-state index in [1.807, 2.05) is 18.3 Å². The van der Waals surface area contributed by atoms with E-state index in [1.54, 1.807) is 0 Å². The number of nitrogens with one attached hydrogen (secondary N) is 5. The van der Waals surface area contributed by atoms with Crippen molar-refractivity contribution < 1.29 is 4.79 Å². The molecule has 36 heavy (non-hydrogen) atoms. The molecule has 5 heterocycles. The summed E-state index contributed by atoms with van der Waals surface area (Å²) in [5.41, 5.74) is 6.67. The summed E-state index contributed by atoms with van der Waals surface area (Å²) < 4.78 is 0. The number of amides is 1. The summed E-state index contributed by atoms with van der Waals surface area (Å²) in [5.74, 6) is 1.61. The number of carbonyl (C=O) groups excluding carboxylic acids is 1. The molecule has 0 saturated carbocycles. The van der Waals surface area contributed by atoms with Crippen LogP contribution >= 0.6 is 0 Å². The molecule has 1 aromatic heterocycles. The fourth-order valence-corrected chi connectivity index (χ4v) is 5.91. The second-order valence-corrected chi connectivity index (χ2v) is 10.4. The molecule has 1 amide bonds. The van der Waals surface area contributed by atoms with Crippen LogP contribution in [0.15, 0.2) is 18.3 Å². The molecule has 0 radical (unpaired) electrons. The Kier molecular flexibility index (Phi) is 7.83. The minimum Gasteiger partial charge on any atom is -0.368 e. The van der Waals surface area contributed by atoms with Crippen LogP contribution in [-0.2, 0) is 4.79 Å². The van der Waals surface area contributed by atoms with Crippen LogP contribution in [0.1, 0.15) is 32.1 Å². The zero-order valence-electron chi connectivity index (χ0n) is 20.6. The number of anilines is 2. The molecule has 5 rings (SSSR count). The van der Waals surface area contributed by atoms with Crippen molar-refractivity contribution >= 4 is 17.4 Å². The van der Waals surface area contributed by atoms with Gasteiger partial charge in [-0.25, -0.2) is 17.0 Å². The summed E-state index contributed by atoms with van der Waals surface area (Å²) in [6.45, 7) is 12.1. The number of hydrogen-bond donors (Lipinski definition) is 5. The lowest BCUT2D eigenvalue weighted by Crippen LogP contribution is -2.77. The van der Waals surface area contributed by atoms with Crippen LogP contribution in [0.2, 0.25) is 0 Å². The van der Waals surface area contributed by atoms with Crippen molar-refractivity contribution in [3.05, 3.63) is 29.7 Å². The Bertz CT molecular complexity index is 972. The molecule has 4 unspecified atom stereocenters. The first-order valence-electron chi connectivity index (χ1n) is 13.1. The molecule has 1 aromatic rings. The molecule has 0 aromatic carbocycles. The number of piperidine rings is 2. The maximum atomic E-state index is 12.8. The number of hydrazine groups is 1. The van der Waals surface area contributed by atoms with Gasteiger partial charge < -0.3 is 15.1 Å². The number of pyridine rings is 1. The first-order chi connectivity index (χ1) is 17.6. The van der Waals surface area contributed by atoms with Crippen molar-refractivity contribution in [1.29, 1.82) is 5.26 Å². The minimum absolute atomic E-state index is 0.0108. The van der Waals surface area contributed by atoms with Crippen LogP contribution in [0.4, 0.5) is 11.5 Å². The van der Waals surface area contributed by atoms with Gasteiger partial charge in [-0.15, -0.1) is 0 Å². The molecule has 4 aliphatic rings. The highest BCUT2D eigenvalue weighted by Gasteiger charge is 2.45. The van der Waals surface area contributed by atoms with Gasteiger partial charge in [0.2, 0.25) is 12.5 Å². The van der Waals surface area contributed by atoms with E-state index in [0.29, 0.717) is 31.3 Å². The average Bonchev–Trinajstić information content (AvgIpc) is 2.90. The number of nitrogens with zero attached hydrogens (tertiary/aromatic N) is 5. The van der Waals surface area contributed by atoms with E-state index in [2.05, 4.69) is 47.5 Å². The van der Waals surface area contributed by atoms with Crippen molar-refractivity contribution in [3.63, 3.8) is 0 Å². The van der Waals surface area contributed by atoms with E-state index in [-0.39, 0.29) is 30.3 Å². The van der Waals surface area contributed by atoms with E-state index < -0.39 is 0 Å². The third-order valence-corrected chi connectivity index (χ3v) is 8.09. The maximum absolute atomic E-state index is 12.8. The molecule has 11 heteroatoms. The van der Waals surface area contributed by atoms with Gasteiger partial charge in [0.15, 0.2) is 0 Å². The van der Waals surface area contributed by atoms with Crippen LogP contribution in [0, 0.1) is 35.7 Å². The smallest absolute Gasteiger partial charge is 0.242 e. The molecule has 4 saturated heterocycles. The predicted molar refractivity (Wildman–Crippen MR) is 136 cm³/mol. The van der Waals surface area contributed by atoms with Crippen molar-refractivity contribution in [2.24, 2.45) is 17.8 Å². The first-order valence-corrected chi connectivity index (χ1v) is 13.1. The number of hydrogen-bond acceptors (Lipinski definition) is 9. The van der Waals surface area contributed by atoms with E-state index in [9.17, 15) is 4.79 Å². The van der Waals surface area contributed by atoms with Gasteiger partial charge in [-0.1, -0.05) is 0 Å². The summed E-state index contributed by atoms with van der Waals surface area (Å²) in [7, 11) is 0. The zero-order chi connectivity index (χ0) is 24.9. The number of likely N-dealkylation sites (tertiary alicyclic amines) is 1. The minimum atomic E-state index is -0.278. The topological polar surface area (TPSA) is 125 Å². The van der Waals surface area contributed by atoms with Crippen LogP contribution in [0.3, 0.4) is 0 Å². The third-order valence-electron chi connectivity index (χ3n) is 8.09. The Morgan fingerprint density at radius 3 is 2.61 bits per heavy atom. The summed E-state index contributed by atoms with van der Waals surface area (Å²) in [5, 5.41) is 19.8. The van der Waals surface area contributed by atoms with Crippen molar-refractivity contribution in [3.8, 4) is 6.07 Å². The van der Waals surface area contributed by atoms with E-state index in [1.165, 1.54) is 0 Å². The Labute approximate surface area is 212 Å². The van der Waals surface area contributed by atoms with Crippen LogP contribution < -0.4 is 31.7 Å². The molecular formula is C25H36N10O. The summed E-state index contributed by atoms with van der Waals surface area (Å²) in [6, 6.07) is 6.37. The van der Waals surface area contributed by atoms with Crippen LogP contribution in [0.5, 0.6) is 0 Å². The van der Waals surface area contributed by atoms with Crippen molar-refractivity contribution in [1.82, 2.24) is 31.4 Å². The Morgan fingerprint density at radius 2 is 1.92 bits per heavy atom. The number of carbonyl (C=O) groups is 1. The first kappa shape index (κ1) is 24.7. The molecule has 4 aliphatic heterocycles. The molecular weight excluding hydrogens is 456 g/mol. The summed E-state index contributed by atoms with van der Waals surface area (Å²) >= 11 is 0. The standard InChI is InChI=1S/C25H36N10O/c1-27-14-18-7-10-34(11-8-18)21-3-2-19(15-28-21)30-23-22-20(16-29-33-24(22)36)31-25(32-23)35-12-5-17(4-9-26)6-13-35/h2-3,15,17-18,20,22-23,25,29-32H,4-8,10-14,16H2,(H,33,36). The number of fused-ring (bicyclic) bond motifs is 1. The lowest BCUT2D eigenvalue weighted by Gasteiger charge is -2.49. The second kappa shape index (κ2) is 11.4. The van der Waals surface area contributed by atoms with E-state index in [0.717, 1.165) is 63.4 Å². The summed E-state index contributed by atoms with van der Waals surface area (Å²) in [4.78, 5) is 25.7. The van der Waals surface area contributed by atoms with Crippen molar-refractivity contribution in [2.75, 3.05) is 49.5 Å². The second-order valence-electron chi connectivity index (χ2n) is 10.4. The Hall–Kier alpha value is -2.96. The van der Waals surface area contributed by atoms with Gasteiger partial charge >= 0.3 is 0 Å². The molecule has 4 fully saturated rings. The van der Waals surface area contributed by atoms with Gasteiger partial charge in [0.25, 0.3) is 0 Å². The zero-order valence-corrected chi connectivity index (χ0v) is 20.6. The molecule has 0 bridgehead atoms. The molecule has 0 aliphatic carbocycles. The highest BCUT2D eigenvalue weighted by Crippen LogP contribution is 2.26. The molecule has 0 spiro atoms. The molecule has 5 N–H and O–H groups in total. The van der Waals surface area contributed by atoms with Gasteiger partial charge in [0.1, 0.15) is 12.1 Å². The summed E-state index contributed by atoms with van der Waals surface area (Å²) in [6.07, 6.45) is 6.26. The SMILES string of the molecule is [C-]#[N+]CC1CCN(c2ccc(NC3NC(N4CCC(CC#N)CC4)NC4CNNC(=O)C43)cn2)CC1. The molecule has 11 nitrogen and oxygen atoms in total. The van der Waals surface area contributed by atoms with Gasteiger partial charge in [-0.2, -0.15) is 5.26 Å². The molecule has 4 atom stereocenters. The van der Waals surface area contributed by atoms with Gasteiger partial charge in [0, 0.05) is 51.1 Å². The average molecular weight is 493 g/mol.